The zero-order valence-electron chi connectivity index (χ0n) is 8.44. The molecule has 4 nitrogen and oxygen atoms in total. The average molecular weight is 249 g/mol. The molecule has 0 bridgehead atoms. The normalized spacial score (nSPS) is 22.4. The molecule has 0 atom stereocenters. The molecule has 0 amide bonds. The van der Waals surface area contributed by atoms with E-state index in [9.17, 15) is 13.2 Å². The Balaban J connectivity index is 1.70. The zero-order valence-corrected chi connectivity index (χ0v) is 10.1. The van der Waals surface area contributed by atoms with Crippen molar-refractivity contribution in [2.75, 3.05) is 5.88 Å². The first-order chi connectivity index (χ1) is 7.09. The Morgan fingerprint density at radius 2 is 1.93 bits per heavy atom. The second-order valence-corrected chi connectivity index (χ2v) is 7.15. The van der Waals surface area contributed by atoms with Gasteiger partial charge in [0, 0.05) is 5.92 Å². The van der Waals surface area contributed by atoms with Gasteiger partial charge in [-0.15, -0.1) is 0 Å². The van der Waals surface area contributed by atoms with Crippen LogP contribution in [0.2, 0.25) is 0 Å². The topological polar surface area (TPSA) is 63.2 Å². The molecule has 0 saturated heterocycles. The molecule has 6 heteroatoms. The first-order valence-electron chi connectivity index (χ1n) is 5.25. The van der Waals surface area contributed by atoms with E-state index in [2.05, 4.69) is 4.72 Å². The molecule has 0 aromatic carbocycles. The fourth-order valence-corrected chi connectivity index (χ4v) is 4.11. The maximum atomic E-state index is 11.5. The predicted octanol–water partition coefficient (Wildman–Crippen LogP) is 1.09. The number of carbonyl (C=O) groups is 1. The van der Waals surface area contributed by atoms with Crippen LogP contribution in [-0.2, 0) is 14.8 Å². The molecule has 2 aliphatic rings. The van der Waals surface area contributed by atoms with E-state index in [0.717, 1.165) is 43.9 Å². The van der Waals surface area contributed by atoms with Crippen molar-refractivity contribution in [2.45, 2.75) is 37.4 Å². The van der Waals surface area contributed by atoms with Gasteiger partial charge in [-0.2, -0.15) is 0 Å². The Morgan fingerprint density at radius 3 is 2.40 bits per heavy atom. The van der Waals surface area contributed by atoms with Crippen molar-refractivity contribution in [3.63, 3.8) is 0 Å². The Morgan fingerprint density at radius 1 is 1.27 bits per heavy atom. The van der Waals surface area contributed by atoms with Gasteiger partial charge in [-0.1, -0.05) is 18.2 Å². The molecule has 86 valence electrons. The van der Waals surface area contributed by atoms with Gasteiger partial charge in [0.25, 0.3) is 0 Å². The maximum absolute atomic E-state index is 11.5. The average Bonchev–Trinajstić information content (AvgIpc) is 2.80. The molecule has 0 radical (unpaired) electrons. The summed E-state index contributed by atoms with van der Waals surface area (Å²) in [7, 11) is -3.15. The van der Waals surface area contributed by atoms with E-state index in [-0.39, 0.29) is 22.2 Å². The number of rotatable bonds is 5. The number of thioether (sulfide) groups is 1. The lowest BCUT2D eigenvalue weighted by atomic mass is 10.0. The van der Waals surface area contributed by atoms with Gasteiger partial charge >= 0.3 is 0 Å². The van der Waals surface area contributed by atoms with Crippen LogP contribution in [-0.4, -0.2) is 24.7 Å². The van der Waals surface area contributed by atoms with Crippen LogP contribution in [0.1, 0.15) is 32.1 Å². The minimum absolute atomic E-state index is 0.131. The van der Waals surface area contributed by atoms with E-state index in [0.29, 0.717) is 0 Å². The molecule has 0 aromatic rings. The maximum Gasteiger partial charge on any atom is 0.215 e. The number of hydrogen-bond donors (Lipinski definition) is 1. The van der Waals surface area contributed by atoms with Crippen LogP contribution in [0.4, 0.5) is 0 Å². The van der Waals surface area contributed by atoms with Crippen LogP contribution < -0.4 is 4.72 Å². The second kappa shape index (κ2) is 4.43. The highest BCUT2D eigenvalue weighted by Gasteiger charge is 2.32. The molecule has 1 N–H and O–H groups in total. The summed E-state index contributed by atoms with van der Waals surface area (Å²) in [6, 6.07) is 0. The summed E-state index contributed by atoms with van der Waals surface area (Å²) in [4.78, 5) is 11.3. The number of sulfonamides is 1. The third-order valence-electron chi connectivity index (χ3n) is 2.88. The summed E-state index contributed by atoms with van der Waals surface area (Å²) in [5.74, 6) is 0.400. The number of nitrogens with one attached hydrogen (secondary N) is 1. The van der Waals surface area contributed by atoms with Crippen LogP contribution in [0, 0.1) is 5.92 Å². The zero-order chi connectivity index (χ0) is 10.9. The van der Waals surface area contributed by atoms with E-state index in [1.54, 1.807) is 0 Å². The SMILES string of the molecule is O=C(SCNS(=O)(=O)C1CCC1)C1CC1. The summed E-state index contributed by atoms with van der Waals surface area (Å²) >= 11 is 1.10. The minimum atomic E-state index is -3.15. The van der Waals surface area contributed by atoms with Gasteiger partial charge in [-0.05, 0) is 25.7 Å². The van der Waals surface area contributed by atoms with Crippen LogP contribution in [0.5, 0.6) is 0 Å². The lowest BCUT2D eigenvalue weighted by molar-refractivity contribution is -0.112. The molecule has 15 heavy (non-hydrogen) atoms. The molecule has 0 spiro atoms. The monoisotopic (exact) mass is 249 g/mol. The fraction of sp³-hybridized carbons (Fsp3) is 0.889. The van der Waals surface area contributed by atoms with E-state index in [1.165, 1.54) is 0 Å². The highest BCUT2D eigenvalue weighted by Crippen LogP contribution is 2.33. The Bertz CT molecular complexity index is 344. The van der Waals surface area contributed by atoms with Crippen LogP contribution in [0.15, 0.2) is 0 Å². The predicted molar refractivity (Wildman–Crippen MR) is 59.9 cm³/mol. The smallest absolute Gasteiger partial charge is 0.215 e. The van der Waals surface area contributed by atoms with E-state index >= 15 is 0 Å². The first-order valence-corrected chi connectivity index (χ1v) is 7.78. The highest BCUT2D eigenvalue weighted by molar-refractivity contribution is 8.14. The summed E-state index contributed by atoms with van der Waals surface area (Å²) in [5, 5.41) is -0.0829. The highest BCUT2D eigenvalue weighted by atomic mass is 32.2. The van der Waals surface area contributed by atoms with Crippen molar-refractivity contribution < 1.29 is 13.2 Å². The lowest BCUT2D eigenvalue weighted by Crippen LogP contribution is -2.38. The first kappa shape index (κ1) is 11.4. The Hall–Kier alpha value is -0.0700. The molecule has 0 heterocycles. The van der Waals surface area contributed by atoms with Gasteiger partial charge in [-0.25, -0.2) is 13.1 Å². The molecule has 0 aromatic heterocycles. The van der Waals surface area contributed by atoms with Crippen LogP contribution >= 0.6 is 11.8 Å². The molecule has 2 rings (SSSR count). The van der Waals surface area contributed by atoms with Gasteiger partial charge in [-0.3, -0.25) is 4.79 Å². The Kier molecular flexibility index (Phi) is 3.37. The minimum Gasteiger partial charge on any atom is -0.287 e. The molecular formula is C9H15NO3S2. The summed E-state index contributed by atoms with van der Waals surface area (Å²) in [6.45, 7) is 0. The van der Waals surface area contributed by atoms with Crippen molar-refractivity contribution in [3.05, 3.63) is 0 Å². The van der Waals surface area contributed by atoms with Gasteiger partial charge < -0.3 is 0 Å². The molecule has 2 saturated carbocycles. The van der Waals surface area contributed by atoms with Gasteiger partial charge in [0.2, 0.25) is 10.0 Å². The van der Waals surface area contributed by atoms with Crippen LogP contribution in [0.3, 0.4) is 0 Å². The van der Waals surface area contributed by atoms with Crippen LogP contribution in [0.25, 0.3) is 0 Å². The van der Waals surface area contributed by atoms with Crippen molar-refractivity contribution >= 4 is 26.9 Å². The van der Waals surface area contributed by atoms with E-state index < -0.39 is 10.0 Å². The molecule has 2 aliphatic carbocycles. The molecule has 0 aliphatic heterocycles. The summed E-state index contributed by atoms with van der Waals surface area (Å²) in [6.07, 6.45) is 4.47. The largest absolute Gasteiger partial charge is 0.287 e. The fourth-order valence-electron chi connectivity index (χ4n) is 1.42. The summed E-state index contributed by atoms with van der Waals surface area (Å²) < 4.78 is 25.6. The second-order valence-electron chi connectivity index (χ2n) is 4.12. The van der Waals surface area contributed by atoms with Crippen molar-refractivity contribution in [2.24, 2.45) is 5.92 Å². The van der Waals surface area contributed by atoms with Gasteiger partial charge in [0.15, 0.2) is 5.12 Å². The third-order valence-corrected chi connectivity index (χ3v) is 5.86. The van der Waals surface area contributed by atoms with E-state index in [4.69, 9.17) is 0 Å². The standard InChI is InChI=1S/C9H15NO3S2/c11-9(7-4-5-7)14-6-10-15(12,13)8-2-1-3-8/h7-8,10H,1-6H2. The van der Waals surface area contributed by atoms with Crippen molar-refractivity contribution in [1.29, 1.82) is 0 Å². The van der Waals surface area contributed by atoms with E-state index in [1.807, 2.05) is 0 Å². The van der Waals surface area contributed by atoms with Crippen molar-refractivity contribution in [1.82, 2.24) is 4.72 Å². The van der Waals surface area contributed by atoms with Gasteiger partial charge in [0.1, 0.15) is 0 Å². The van der Waals surface area contributed by atoms with Crippen molar-refractivity contribution in [3.8, 4) is 0 Å². The number of carbonyl (C=O) groups excluding carboxylic acids is 1. The third kappa shape index (κ3) is 2.95. The number of hydrogen-bond acceptors (Lipinski definition) is 4. The summed E-state index contributed by atoms with van der Waals surface area (Å²) in [5.41, 5.74) is 0. The molecular weight excluding hydrogens is 234 g/mol. The Labute approximate surface area is 94.2 Å². The van der Waals surface area contributed by atoms with Gasteiger partial charge in [0.05, 0.1) is 11.1 Å². The quantitative estimate of drug-likeness (QED) is 0.741. The molecule has 0 unspecified atom stereocenters. The molecule has 2 fully saturated rings. The lowest BCUT2D eigenvalue weighted by Gasteiger charge is -2.25.